The summed E-state index contributed by atoms with van der Waals surface area (Å²) in [6.07, 6.45) is 0. The van der Waals surface area contributed by atoms with Crippen LogP contribution in [0.2, 0.25) is 0 Å². The monoisotopic (exact) mass is 284 g/mol. The lowest BCUT2D eigenvalue weighted by atomic mass is 10.2. The molecule has 1 aromatic heterocycles. The summed E-state index contributed by atoms with van der Waals surface area (Å²) in [5.41, 5.74) is -0.0335. The van der Waals surface area contributed by atoms with Gasteiger partial charge in [-0.2, -0.15) is 0 Å². The van der Waals surface area contributed by atoms with E-state index in [0.29, 0.717) is 6.07 Å². The van der Waals surface area contributed by atoms with E-state index < -0.39 is 20.9 Å². The standard InChI is InChI=1S/C11H9F5OS/c1-8-7-10(18(12,13,14,15)16)11(17-8)9-5-3-2-4-6-9/h2-7H,1H3. The Morgan fingerprint density at radius 2 is 1.50 bits per heavy atom. The van der Waals surface area contributed by atoms with Crippen LogP contribution >= 0.6 is 10.2 Å². The van der Waals surface area contributed by atoms with Crippen LogP contribution in [-0.4, -0.2) is 0 Å². The van der Waals surface area contributed by atoms with E-state index in [1.165, 1.54) is 31.2 Å². The first kappa shape index (κ1) is 12.9. The van der Waals surface area contributed by atoms with E-state index in [9.17, 15) is 19.4 Å². The second kappa shape index (κ2) is 3.09. The largest absolute Gasteiger partial charge is 0.460 e. The highest BCUT2D eigenvalue weighted by Crippen LogP contribution is 3.03. The molecule has 100 valence electrons. The van der Waals surface area contributed by atoms with Crippen molar-refractivity contribution in [2.24, 2.45) is 0 Å². The molecule has 0 spiro atoms. The van der Waals surface area contributed by atoms with Gasteiger partial charge in [-0.05, 0) is 6.92 Å². The maximum atomic E-state index is 12.8. The first-order valence-corrected chi connectivity index (χ1v) is 6.82. The highest BCUT2D eigenvalue weighted by Gasteiger charge is 2.67. The Kier molecular flexibility index (Phi) is 2.22. The van der Waals surface area contributed by atoms with Crippen LogP contribution < -0.4 is 0 Å². The summed E-state index contributed by atoms with van der Waals surface area (Å²) in [6, 6.07) is 7.36. The lowest BCUT2D eigenvalue weighted by Gasteiger charge is -2.39. The molecule has 0 amide bonds. The van der Waals surface area contributed by atoms with Gasteiger partial charge in [-0.25, -0.2) is 0 Å². The van der Waals surface area contributed by atoms with Crippen LogP contribution in [0.5, 0.6) is 0 Å². The maximum Gasteiger partial charge on any atom is 0.314 e. The summed E-state index contributed by atoms with van der Waals surface area (Å²) in [7, 11) is -9.75. The molecule has 7 heteroatoms. The minimum atomic E-state index is -9.75. The number of hydrogen-bond acceptors (Lipinski definition) is 1. The van der Waals surface area contributed by atoms with Crippen molar-refractivity contribution in [2.75, 3.05) is 0 Å². The van der Waals surface area contributed by atoms with Gasteiger partial charge < -0.3 is 4.42 Å². The summed E-state index contributed by atoms with van der Waals surface area (Å²) in [4.78, 5) is -1.97. The molecule has 0 unspecified atom stereocenters. The fourth-order valence-corrected chi connectivity index (χ4v) is 2.47. The summed E-state index contributed by atoms with van der Waals surface area (Å²) in [5, 5.41) is 0. The van der Waals surface area contributed by atoms with Gasteiger partial charge in [0.15, 0.2) is 10.7 Å². The molecule has 1 heterocycles. The SMILES string of the molecule is Cc1cc(S(F)(F)(F)(F)F)c(-c2ccccc2)o1. The first-order valence-electron chi connectivity index (χ1n) is 4.87. The minimum Gasteiger partial charge on any atom is -0.460 e. The van der Waals surface area contributed by atoms with E-state index >= 15 is 0 Å². The van der Waals surface area contributed by atoms with E-state index in [2.05, 4.69) is 0 Å². The molecular formula is C11H9F5OS. The van der Waals surface area contributed by atoms with Gasteiger partial charge in [0.2, 0.25) is 0 Å². The maximum absolute atomic E-state index is 12.8. The van der Waals surface area contributed by atoms with Crippen molar-refractivity contribution in [3.8, 4) is 11.3 Å². The van der Waals surface area contributed by atoms with E-state index in [4.69, 9.17) is 4.42 Å². The first-order chi connectivity index (χ1) is 7.97. The average molecular weight is 284 g/mol. The van der Waals surface area contributed by atoms with E-state index in [1.807, 2.05) is 0 Å². The smallest absolute Gasteiger partial charge is 0.314 e. The number of rotatable bonds is 2. The van der Waals surface area contributed by atoms with Crippen LogP contribution in [0.25, 0.3) is 11.3 Å². The quantitative estimate of drug-likeness (QED) is 0.624. The van der Waals surface area contributed by atoms with Crippen molar-refractivity contribution < 1.29 is 23.8 Å². The van der Waals surface area contributed by atoms with Crippen molar-refractivity contribution in [1.29, 1.82) is 0 Å². The fourth-order valence-electron chi connectivity index (χ4n) is 1.57. The van der Waals surface area contributed by atoms with Gasteiger partial charge in [0, 0.05) is 11.6 Å². The summed E-state index contributed by atoms with van der Waals surface area (Å²) < 4.78 is 69.0. The van der Waals surface area contributed by atoms with Crippen LogP contribution in [0.4, 0.5) is 19.4 Å². The lowest BCUT2D eigenvalue weighted by molar-refractivity contribution is 0.363. The number of aryl methyl sites for hydroxylation is 1. The molecule has 0 atom stereocenters. The Morgan fingerprint density at radius 3 is 2.00 bits per heavy atom. The van der Waals surface area contributed by atoms with Crippen LogP contribution in [0, 0.1) is 6.92 Å². The van der Waals surface area contributed by atoms with Gasteiger partial charge in [-0.15, -0.1) is 0 Å². The van der Waals surface area contributed by atoms with Crippen molar-refractivity contribution in [1.82, 2.24) is 0 Å². The summed E-state index contributed by atoms with van der Waals surface area (Å²) >= 11 is 0. The molecule has 0 bridgehead atoms. The van der Waals surface area contributed by atoms with Crippen LogP contribution in [-0.2, 0) is 0 Å². The van der Waals surface area contributed by atoms with Gasteiger partial charge in [-0.1, -0.05) is 49.8 Å². The molecule has 0 aliphatic carbocycles. The minimum absolute atomic E-state index is 0.0335. The molecule has 0 aliphatic heterocycles. The number of furan rings is 1. The molecule has 1 aromatic carbocycles. The van der Waals surface area contributed by atoms with Crippen molar-refractivity contribution in [3.63, 3.8) is 0 Å². The zero-order valence-electron chi connectivity index (χ0n) is 9.17. The third-order valence-electron chi connectivity index (χ3n) is 2.27. The molecule has 18 heavy (non-hydrogen) atoms. The van der Waals surface area contributed by atoms with E-state index in [1.54, 1.807) is 6.07 Å². The molecular weight excluding hydrogens is 275 g/mol. The Balaban J connectivity index is 2.74. The van der Waals surface area contributed by atoms with Gasteiger partial charge in [0.25, 0.3) is 0 Å². The third kappa shape index (κ3) is 2.50. The predicted octanol–water partition coefficient (Wildman–Crippen LogP) is 5.91. The number of hydrogen-bond donors (Lipinski definition) is 0. The Hall–Kier alpha value is -1.50. The molecule has 2 aromatic rings. The van der Waals surface area contributed by atoms with Crippen molar-refractivity contribution in [2.45, 2.75) is 11.8 Å². The molecule has 0 saturated carbocycles. The molecule has 0 N–H and O–H groups in total. The average Bonchev–Trinajstić information content (AvgIpc) is 2.60. The lowest BCUT2D eigenvalue weighted by Crippen LogP contribution is -2.06. The Bertz CT molecular complexity index is 585. The molecule has 0 radical (unpaired) electrons. The number of halogens is 5. The molecule has 0 aliphatic rings. The summed E-state index contributed by atoms with van der Waals surface area (Å²) in [6.45, 7) is 1.19. The van der Waals surface area contributed by atoms with Gasteiger partial charge in [-0.3, -0.25) is 0 Å². The second-order valence-electron chi connectivity index (χ2n) is 3.89. The third-order valence-corrected chi connectivity index (χ3v) is 3.41. The highest BCUT2D eigenvalue weighted by molar-refractivity contribution is 8.45. The summed E-state index contributed by atoms with van der Waals surface area (Å²) in [5.74, 6) is -1.05. The topological polar surface area (TPSA) is 13.1 Å². The molecule has 0 fully saturated rings. The van der Waals surface area contributed by atoms with Crippen molar-refractivity contribution in [3.05, 3.63) is 42.2 Å². The van der Waals surface area contributed by atoms with Gasteiger partial charge in [0.1, 0.15) is 5.76 Å². The molecule has 1 nitrogen and oxygen atoms in total. The van der Waals surface area contributed by atoms with Crippen molar-refractivity contribution >= 4 is 10.2 Å². The highest BCUT2D eigenvalue weighted by atomic mass is 32.5. The number of benzene rings is 1. The predicted molar refractivity (Wildman–Crippen MR) is 60.3 cm³/mol. The van der Waals surface area contributed by atoms with Crippen LogP contribution in [0.1, 0.15) is 5.76 Å². The Labute approximate surface area is 99.9 Å². The van der Waals surface area contributed by atoms with E-state index in [-0.39, 0.29) is 11.3 Å². The van der Waals surface area contributed by atoms with Gasteiger partial charge >= 0.3 is 10.2 Å². The fraction of sp³-hybridized carbons (Fsp3) is 0.0909. The zero-order valence-corrected chi connectivity index (χ0v) is 9.99. The van der Waals surface area contributed by atoms with Crippen LogP contribution in [0.15, 0.2) is 45.7 Å². The molecule has 2 rings (SSSR count). The van der Waals surface area contributed by atoms with Gasteiger partial charge in [0.05, 0.1) is 0 Å². The molecule has 0 saturated heterocycles. The Morgan fingerprint density at radius 1 is 0.944 bits per heavy atom. The second-order valence-corrected chi connectivity index (χ2v) is 6.26. The normalized spacial score (nSPS) is 16.1. The zero-order chi connectivity index (χ0) is 13.7. The van der Waals surface area contributed by atoms with Crippen LogP contribution in [0.3, 0.4) is 0 Å². The van der Waals surface area contributed by atoms with E-state index in [0.717, 1.165) is 0 Å².